The van der Waals surface area contributed by atoms with Gasteiger partial charge in [0.25, 0.3) is 0 Å². The van der Waals surface area contributed by atoms with E-state index in [9.17, 15) is 0 Å². The molecule has 0 bridgehead atoms. The number of fused-ring (bicyclic) bond motifs is 3. The van der Waals surface area contributed by atoms with Crippen LogP contribution in [-0.4, -0.2) is 3.81 Å². The van der Waals surface area contributed by atoms with Gasteiger partial charge in [-0.1, -0.05) is 0 Å². The molecule has 0 nitrogen and oxygen atoms in total. The molecule has 2 aliphatic carbocycles. The summed E-state index contributed by atoms with van der Waals surface area (Å²) in [6, 6.07) is 36.8. The number of rotatable bonds is 6. The van der Waals surface area contributed by atoms with Crippen molar-refractivity contribution < 1.29 is 42.2 Å². The Morgan fingerprint density at radius 1 is 0.619 bits per heavy atom. The number of benzene rings is 4. The van der Waals surface area contributed by atoms with E-state index in [1.807, 2.05) is 0 Å². The van der Waals surface area contributed by atoms with Gasteiger partial charge in [-0.25, -0.2) is 0 Å². The average Bonchev–Trinajstić information content (AvgIpc) is 3.61. The standard InChI is InChI=1S/C31H29.C5H5.C3H6.2ClH.Ti/c1-30(2,24-11-7-5-8-12-24)26-17-15-22-19-23-16-18-27(21-29(23)28(22)20-26)31(3,4)25-13-9-6-10-14-25;1-2-4-5-3-1;1-3-2;;;/h5-21H,1-4H3;1-3H,4H2;1-2H3;2*1H;/q;;;;;+2/p-2. The number of halogens is 2. The third kappa shape index (κ3) is 5.60. The van der Waals surface area contributed by atoms with Gasteiger partial charge in [0.2, 0.25) is 0 Å². The van der Waals surface area contributed by atoms with Crippen molar-refractivity contribution >= 4 is 3.81 Å². The van der Waals surface area contributed by atoms with Crippen LogP contribution in [0, 0.1) is 0 Å². The summed E-state index contributed by atoms with van der Waals surface area (Å²) in [5, 5.41) is 0. The van der Waals surface area contributed by atoms with E-state index in [0.717, 1.165) is 6.42 Å². The minimum atomic E-state index is -1.77. The Hall–Kier alpha value is -2.48. The molecular formula is C39H40Cl2Ti. The second kappa shape index (κ2) is 12.6. The molecule has 0 radical (unpaired) electrons. The van der Waals surface area contributed by atoms with Crippen LogP contribution in [0.25, 0.3) is 11.1 Å². The summed E-state index contributed by atoms with van der Waals surface area (Å²) in [4.78, 5) is 0. The molecule has 0 N–H and O–H groups in total. The Kier molecular flexibility index (Phi) is 9.76. The Morgan fingerprint density at radius 2 is 1.07 bits per heavy atom. The molecule has 0 atom stereocenters. The predicted octanol–water partition coefficient (Wildman–Crippen LogP) is 4.09. The van der Waals surface area contributed by atoms with Crippen molar-refractivity contribution in [3.05, 3.63) is 153 Å². The van der Waals surface area contributed by atoms with E-state index in [4.69, 9.17) is 0 Å². The minimum Gasteiger partial charge on any atom is -1.00 e. The first-order valence-corrected chi connectivity index (χ1v) is 17.1. The van der Waals surface area contributed by atoms with E-state index in [-0.39, 0.29) is 35.6 Å². The van der Waals surface area contributed by atoms with E-state index in [0.29, 0.717) is 4.22 Å². The van der Waals surface area contributed by atoms with Crippen LogP contribution in [0.5, 0.6) is 0 Å². The molecule has 0 aliphatic heterocycles. The molecule has 3 heteroatoms. The monoisotopic (exact) mass is 626 g/mol. The van der Waals surface area contributed by atoms with Gasteiger partial charge in [0.1, 0.15) is 0 Å². The SMILES string of the molecule is C[C](C)=[Ti+2]([C]1=CC=CC1)[CH]1c2ccc(C(C)(C)c3ccccc3)cc2-c2cc(C(C)(C)c3ccccc3)ccc21.[Cl-].[Cl-]. The van der Waals surface area contributed by atoms with Crippen LogP contribution >= 0.6 is 0 Å². The van der Waals surface area contributed by atoms with Gasteiger partial charge < -0.3 is 24.8 Å². The van der Waals surface area contributed by atoms with Crippen LogP contribution in [-0.2, 0) is 28.2 Å². The van der Waals surface area contributed by atoms with Crippen molar-refractivity contribution in [2.24, 2.45) is 0 Å². The molecule has 6 rings (SSSR count). The van der Waals surface area contributed by atoms with Crippen molar-refractivity contribution in [3.63, 3.8) is 0 Å². The van der Waals surface area contributed by atoms with E-state index >= 15 is 0 Å². The molecule has 4 aromatic carbocycles. The predicted molar refractivity (Wildman–Crippen MR) is 169 cm³/mol. The van der Waals surface area contributed by atoms with Gasteiger partial charge in [0.15, 0.2) is 0 Å². The molecule has 0 spiro atoms. The Bertz CT molecular complexity index is 1570. The van der Waals surface area contributed by atoms with Gasteiger partial charge in [-0.3, -0.25) is 0 Å². The summed E-state index contributed by atoms with van der Waals surface area (Å²) in [6.45, 7) is 14.3. The molecule has 0 saturated carbocycles. The number of hydrogen-bond donors (Lipinski definition) is 0. The molecule has 2 aliphatic rings. The molecule has 0 amide bonds. The van der Waals surface area contributed by atoms with E-state index in [1.54, 1.807) is 18.8 Å². The molecule has 0 heterocycles. The van der Waals surface area contributed by atoms with Crippen LogP contribution in [0.15, 0.2) is 119 Å². The topological polar surface area (TPSA) is 0 Å². The van der Waals surface area contributed by atoms with Crippen molar-refractivity contribution in [1.29, 1.82) is 0 Å². The third-order valence-corrected chi connectivity index (χ3v) is 14.6. The van der Waals surface area contributed by atoms with Gasteiger partial charge in [0.05, 0.1) is 0 Å². The summed E-state index contributed by atoms with van der Waals surface area (Å²) in [5.74, 6) is 0. The van der Waals surface area contributed by atoms with E-state index in [2.05, 4.69) is 157 Å². The zero-order valence-electron chi connectivity index (χ0n) is 25.5. The van der Waals surface area contributed by atoms with Gasteiger partial charge in [-0.15, -0.1) is 0 Å². The van der Waals surface area contributed by atoms with Gasteiger partial charge in [-0.2, -0.15) is 0 Å². The molecule has 42 heavy (non-hydrogen) atoms. The van der Waals surface area contributed by atoms with Gasteiger partial charge in [-0.05, 0) is 0 Å². The molecule has 0 unspecified atom stereocenters. The average molecular weight is 628 g/mol. The van der Waals surface area contributed by atoms with E-state index < -0.39 is 17.4 Å². The molecule has 0 aromatic heterocycles. The molecule has 4 aromatic rings. The van der Waals surface area contributed by atoms with Crippen LogP contribution in [0.4, 0.5) is 0 Å². The molecule has 0 fully saturated rings. The summed E-state index contributed by atoms with van der Waals surface area (Å²) in [6.07, 6.45) is 8.18. The Balaban J connectivity index is 0.00000202. The van der Waals surface area contributed by atoms with Gasteiger partial charge >= 0.3 is 248 Å². The minimum absolute atomic E-state index is 0. The van der Waals surface area contributed by atoms with Crippen molar-refractivity contribution in [2.75, 3.05) is 0 Å². The van der Waals surface area contributed by atoms with Crippen molar-refractivity contribution in [3.8, 4) is 11.1 Å². The summed E-state index contributed by atoms with van der Waals surface area (Å²) in [5.41, 5.74) is 11.3. The smallest absolute Gasteiger partial charge is 1.00 e. The summed E-state index contributed by atoms with van der Waals surface area (Å²) < 4.78 is 3.86. The number of allylic oxidation sites excluding steroid dienone is 4. The van der Waals surface area contributed by atoms with Crippen LogP contribution in [0.3, 0.4) is 0 Å². The van der Waals surface area contributed by atoms with E-state index in [1.165, 1.54) is 33.4 Å². The maximum atomic E-state index is 2.53. The number of hydrogen-bond acceptors (Lipinski definition) is 0. The third-order valence-electron chi connectivity index (χ3n) is 9.40. The van der Waals surface area contributed by atoms with Crippen LogP contribution < -0.4 is 24.8 Å². The maximum absolute atomic E-state index is 2.53. The Labute approximate surface area is 271 Å². The molecule has 214 valence electrons. The fourth-order valence-electron chi connectivity index (χ4n) is 6.82. The second-order valence-electron chi connectivity index (χ2n) is 12.8. The van der Waals surface area contributed by atoms with Gasteiger partial charge in [0, 0.05) is 0 Å². The molecular weight excluding hydrogens is 587 g/mol. The zero-order chi connectivity index (χ0) is 28.1. The van der Waals surface area contributed by atoms with Crippen LogP contribution in [0.2, 0.25) is 0 Å². The molecule has 0 saturated heterocycles. The maximum Gasteiger partial charge on any atom is -1.00 e. The normalized spacial score (nSPS) is 13.7. The quantitative estimate of drug-likeness (QED) is 0.283. The first-order chi connectivity index (χ1) is 19.2. The largest absolute Gasteiger partial charge is 1.00 e. The zero-order valence-corrected chi connectivity index (χ0v) is 28.6. The fraction of sp³-hybridized carbons (Fsp3) is 0.256. The van der Waals surface area contributed by atoms with Crippen LogP contribution in [0.1, 0.15) is 85.6 Å². The van der Waals surface area contributed by atoms with Crippen molar-refractivity contribution in [1.82, 2.24) is 0 Å². The fourth-order valence-corrected chi connectivity index (χ4v) is 12.0. The first kappa shape index (κ1) is 32.4. The summed E-state index contributed by atoms with van der Waals surface area (Å²) in [7, 11) is 0. The first-order valence-electron chi connectivity index (χ1n) is 14.6. The summed E-state index contributed by atoms with van der Waals surface area (Å²) >= 11 is -1.77. The Morgan fingerprint density at radius 3 is 1.45 bits per heavy atom. The second-order valence-corrected chi connectivity index (χ2v) is 17.5. The van der Waals surface area contributed by atoms with Crippen molar-refractivity contribution in [2.45, 2.75) is 63.0 Å².